The largest absolute Gasteiger partial charge is 0.468 e. The number of hydrogen-bond donors (Lipinski definition) is 6. The highest BCUT2D eigenvalue weighted by Crippen LogP contribution is 2.31. The number of likely N-dealkylation sites (N-methyl/N-ethyl adjacent to an activating group) is 1. The van der Waals surface area contributed by atoms with E-state index >= 15 is 0 Å². The summed E-state index contributed by atoms with van der Waals surface area (Å²) in [4.78, 5) is 11.1. The Morgan fingerprint density at radius 1 is 1.34 bits per heavy atom. The Bertz CT molecular complexity index is 649. The molecule has 3 rings (SSSR count). The molecular formula is C21H37N3O8. The van der Waals surface area contributed by atoms with Crippen LogP contribution in [0.3, 0.4) is 0 Å². The summed E-state index contributed by atoms with van der Waals surface area (Å²) in [5, 5.41) is 37.4. The lowest BCUT2D eigenvalue weighted by atomic mass is 9.83. The third kappa shape index (κ3) is 6.39. The summed E-state index contributed by atoms with van der Waals surface area (Å²) < 4.78 is 23.4. The normalized spacial score (nSPS) is 42.6. The first-order valence-electron chi connectivity index (χ1n) is 11.3. The van der Waals surface area contributed by atoms with E-state index in [1.807, 2.05) is 13.0 Å². The minimum atomic E-state index is -1.21. The van der Waals surface area contributed by atoms with Gasteiger partial charge in [-0.3, -0.25) is 4.79 Å². The van der Waals surface area contributed by atoms with Gasteiger partial charge in [0.25, 0.3) is 0 Å². The van der Waals surface area contributed by atoms with Gasteiger partial charge in [-0.15, -0.1) is 0 Å². The van der Waals surface area contributed by atoms with Crippen molar-refractivity contribution in [3.63, 3.8) is 0 Å². The lowest BCUT2D eigenvalue weighted by Gasteiger charge is -2.46. The van der Waals surface area contributed by atoms with Crippen molar-refractivity contribution in [2.45, 2.75) is 94.2 Å². The molecule has 7 N–H and O–H groups in total. The number of hydrogen-bond acceptors (Lipinski definition) is 10. The summed E-state index contributed by atoms with van der Waals surface area (Å²) in [5.74, 6) is 0.779. The lowest BCUT2D eigenvalue weighted by Crippen LogP contribution is -2.65. The molecule has 11 nitrogen and oxygen atoms in total. The smallest absolute Gasteiger partial charge is 0.207 e. The Morgan fingerprint density at radius 3 is 2.81 bits per heavy atom. The van der Waals surface area contributed by atoms with Crippen molar-refractivity contribution in [2.24, 2.45) is 5.73 Å². The zero-order chi connectivity index (χ0) is 23.3. The van der Waals surface area contributed by atoms with Crippen molar-refractivity contribution in [3.05, 3.63) is 11.8 Å². The quantitative estimate of drug-likeness (QED) is 0.222. The molecule has 184 valence electrons. The first-order chi connectivity index (χ1) is 15.2. The van der Waals surface area contributed by atoms with Gasteiger partial charge in [0.15, 0.2) is 12.6 Å². The van der Waals surface area contributed by atoms with E-state index in [4.69, 9.17) is 24.7 Å². The van der Waals surface area contributed by atoms with Crippen LogP contribution in [0.4, 0.5) is 0 Å². The van der Waals surface area contributed by atoms with Crippen LogP contribution in [0.15, 0.2) is 11.8 Å². The molecule has 1 saturated heterocycles. The van der Waals surface area contributed by atoms with Crippen LogP contribution in [0.1, 0.15) is 39.5 Å². The molecule has 0 aromatic heterocycles. The monoisotopic (exact) mass is 459 g/mol. The Hall–Kier alpha value is -1.31. The highest BCUT2D eigenvalue weighted by Gasteiger charge is 2.48. The van der Waals surface area contributed by atoms with Gasteiger partial charge in [-0.2, -0.15) is 0 Å². The van der Waals surface area contributed by atoms with Gasteiger partial charge in [-0.1, -0.05) is 6.92 Å². The third-order valence-electron chi connectivity index (χ3n) is 6.03. The molecule has 32 heavy (non-hydrogen) atoms. The van der Waals surface area contributed by atoms with Gasteiger partial charge in [-0.25, -0.2) is 0 Å². The topological polar surface area (TPSA) is 165 Å². The highest BCUT2D eigenvalue weighted by molar-refractivity contribution is 5.47. The van der Waals surface area contributed by atoms with Gasteiger partial charge in [0, 0.05) is 18.9 Å². The maximum atomic E-state index is 11.1. The summed E-state index contributed by atoms with van der Waals surface area (Å²) >= 11 is 0. The van der Waals surface area contributed by atoms with Gasteiger partial charge in [0.2, 0.25) is 6.41 Å². The van der Waals surface area contributed by atoms with E-state index in [1.54, 1.807) is 6.92 Å². The molecule has 2 heterocycles. The summed E-state index contributed by atoms with van der Waals surface area (Å²) in [6.07, 6.45) is -1.42. The van der Waals surface area contributed by atoms with Gasteiger partial charge in [0.1, 0.15) is 30.2 Å². The molecule has 11 heteroatoms. The van der Waals surface area contributed by atoms with Crippen molar-refractivity contribution in [3.8, 4) is 0 Å². The van der Waals surface area contributed by atoms with Crippen molar-refractivity contribution < 1.29 is 39.1 Å². The van der Waals surface area contributed by atoms with Crippen LogP contribution in [0.2, 0.25) is 0 Å². The van der Waals surface area contributed by atoms with Crippen LogP contribution < -0.4 is 16.4 Å². The van der Waals surface area contributed by atoms with Gasteiger partial charge < -0.3 is 50.6 Å². The fraction of sp³-hybridized carbons (Fsp3) is 0.857. The molecule has 0 aromatic rings. The number of aliphatic hydroxyl groups is 3. The molecule has 5 unspecified atom stereocenters. The molecule has 0 bridgehead atoms. The van der Waals surface area contributed by atoms with E-state index in [1.165, 1.54) is 0 Å². The van der Waals surface area contributed by atoms with E-state index in [-0.39, 0.29) is 13.0 Å². The average molecular weight is 460 g/mol. The second kappa shape index (κ2) is 11.2. The number of ether oxygens (including phenoxy) is 4. The average Bonchev–Trinajstić information content (AvgIpc) is 2.74. The van der Waals surface area contributed by atoms with Gasteiger partial charge in [-0.05, 0) is 32.4 Å². The summed E-state index contributed by atoms with van der Waals surface area (Å²) in [5.41, 5.74) is 5.12. The number of carbonyl (C=O) groups excluding carboxylic acids is 1. The van der Waals surface area contributed by atoms with Crippen LogP contribution in [-0.2, 0) is 23.7 Å². The number of rotatable bonds is 9. The SMILES string of the molecule is CCNCC1=CCC[C@@H](O[C@@H]2C(N)CC(NC=O)[C@H](OC3OC[C@](C)(O)CC3O)C2O)O1. The number of amides is 1. The van der Waals surface area contributed by atoms with E-state index in [0.717, 1.165) is 18.7 Å². The Morgan fingerprint density at radius 2 is 2.12 bits per heavy atom. The molecule has 9 atom stereocenters. The fourth-order valence-corrected chi connectivity index (χ4v) is 4.40. The summed E-state index contributed by atoms with van der Waals surface area (Å²) in [7, 11) is 0. The van der Waals surface area contributed by atoms with Crippen molar-refractivity contribution in [2.75, 3.05) is 19.7 Å². The Balaban J connectivity index is 1.66. The van der Waals surface area contributed by atoms with Gasteiger partial charge >= 0.3 is 0 Å². The van der Waals surface area contributed by atoms with Crippen LogP contribution >= 0.6 is 0 Å². The molecule has 1 amide bonds. The Kier molecular flexibility index (Phi) is 8.87. The number of nitrogens with one attached hydrogen (secondary N) is 2. The first kappa shape index (κ1) is 25.3. The van der Waals surface area contributed by atoms with E-state index in [9.17, 15) is 20.1 Å². The second-order valence-corrected chi connectivity index (χ2v) is 9.01. The van der Waals surface area contributed by atoms with Gasteiger partial charge in [0.05, 0.1) is 24.8 Å². The van der Waals surface area contributed by atoms with Crippen molar-refractivity contribution >= 4 is 6.41 Å². The van der Waals surface area contributed by atoms with Crippen molar-refractivity contribution in [1.82, 2.24) is 10.6 Å². The fourth-order valence-electron chi connectivity index (χ4n) is 4.40. The standard InChI is InChI=1S/C21H37N3O8/c1-3-23-9-12-5-4-6-16(30-12)31-18-13(22)7-14(24-11-25)19(17(18)27)32-20-15(26)8-21(2,28)10-29-20/h5,11,13-20,23,26-28H,3-4,6-10,22H2,1-2H3,(H,24,25)/t13?,14?,15?,16-,17?,18-,19+,20?,21-/m1/s1. The Labute approximate surface area is 188 Å². The van der Waals surface area contributed by atoms with E-state index in [2.05, 4.69) is 10.6 Å². The predicted molar refractivity (Wildman–Crippen MR) is 113 cm³/mol. The number of carbonyl (C=O) groups is 1. The molecule has 1 aliphatic carbocycles. The van der Waals surface area contributed by atoms with Crippen LogP contribution in [0.25, 0.3) is 0 Å². The van der Waals surface area contributed by atoms with Crippen LogP contribution in [0.5, 0.6) is 0 Å². The maximum Gasteiger partial charge on any atom is 0.207 e. The van der Waals surface area contributed by atoms with Crippen LogP contribution in [-0.4, -0.2) is 96.1 Å². The minimum Gasteiger partial charge on any atom is -0.468 e. The molecule has 2 aliphatic heterocycles. The minimum absolute atomic E-state index is 0.0282. The molecule has 1 saturated carbocycles. The highest BCUT2D eigenvalue weighted by atomic mass is 16.7. The molecule has 0 aromatic carbocycles. The maximum absolute atomic E-state index is 11.1. The predicted octanol–water partition coefficient (Wildman–Crippen LogP) is -1.55. The van der Waals surface area contributed by atoms with Crippen molar-refractivity contribution in [1.29, 1.82) is 0 Å². The number of aliphatic hydroxyl groups excluding tert-OH is 2. The first-order valence-corrected chi connectivity index (χ1v) is 11.3. The molecule has 0 radical (unpaired) electrons. The number of allylic oxidation sites excluding steroid dienone is 1. The molecular weight excluding hydrogens is 422 g/mol. The molecule has 0 spiro atoms. The summed E-state index contributed by atoms with van der Waals surface area (Å²) in [6.45, 7) is 4.94. The third-order valence-corrected chi connectivity index (χ3v) is 6.03. The second-order valence-electron chi connectivity index (χ2n) is 9.01. The van der Waals surface area contributed by atoms with E-state index < -0.39 is 54.7 Å². The molecule has 3 aliphatic rings. The zero-order valence-corrected chi connectivity index (χ0v) is 18.7. The lowest BCUT2D eigenvalue weighted by molar-refractivity contribution is -0.296. The number of nitrogens with two attached hydrogens (primary N) is 1. The molecule has 2 fully saturated rings. The summed E-state index contributed by atoms with van der Waals surface area (Å²) in [6, 6.07) is -1.18. The van der Waals surface area contributed by atoms with Crippen LogP contribution in [0, 0.1) is 0 Å². The zero-order valence-electron chi connectivity index (χ0n) is 18.7. The van der Waals surface area contributed by atoms with E-state index in [0.29, 0.717) is 25.8 Å².